The molecule has 0 bridgehead atoms. The molecular formula is C20H22N4O. The molecule has 5 nitrogen and oxygen atoms in total. The van der Waals surface area contributed by atoms with Crippen LogP contribution in [-0.2, 0) is 6.54 Å². The van der Waals surface area contributed by atoms with Crippen molar-refractivity contribution in [3.8, 4) is 0 Å². The third-order valence-corrected chi connectivity index (χ3v) is 4.78. The van der Waals surface area contributed by atoms with Crippen LogP contribution in [-0.4, -0.2) is 40.3 Å². The van der Waals surface area contributed by atoms with E-state index in [-0.39, 0.29) is 5.91 Å². The molecule has 0 spiro atoms. The van der Waals surface area contributed by atoms with Crippen molar-refractivity contribution < 1.29 is 4.79 Å². The molecule has 0 unspecified atom stereocenters. The summed E-state index contributed by atoms with van der Waals surface area (Å²) in [6, 6.07) is 14.1. The van der Waals surface area contributed by atoms with Crippen molar-refractivity contribution in [3.63, 3.8) is 0 Å². The average Bonchev–Trinajstić information content (AvgIpc) is 3.31. The Hall–Kier alpha value is -2.82. The Kier molecular flexibility index (Phi) is 4.14. The van der Waals surface area contributed by atoms with E-state index in [0.29, 0.717) is 12.2 Å². The molecule has 128 valence electrons. The molecule has 5 heteroatoms. The van der Waals surface area contributed by atoms with Crippen LogP contribution in [0, 0.1) is 0 Å². The van der Waals surface area contributed by atoms with Crippen LogP contribution in [0.15, 0.2) is 54.9 Å². The summed E-state index contributed by atoms with van der Waals surface area (Å²) in [5.41, 5.74) is 3.70. The van der Waals surface area contributed by atoms with Gasteiger partial charge in [0.1, 0.15) is 11.3 Å². The van der Waals surface area contributed by atoms with Gasteiger partial charge in [-0.15, -0.1) is 0 Å². The molecule has 0 atom stereocenters. The lowest BCUT2D eigenvalue weighted by molar-refractivity contribution is 0.0780. The molecule has 0 N–H and O–H groups in total. The Labute approximate surface area is 147 Å². The lowest BCUT2D eigenvalue weighted by atomic mass is 10.1. The maximum atomic E-state index is 12.8. The van der Waals surface area contributed by atoms with E-state index in [1.807, 2.05) is 41.9 Å². The predicted octanol–water partition coefficient (Wildman–Crippen LogP) is 3.21. The van der Waals surface area contributed by atoms with E-state index in [2.05, 4.69) is 28.1 Å². The van der Waals surface area contributed by atoms with Gasteiger partial charge in [0.05, 0.1) is 0 Å². The fourth-order valence-electron chi connectivity index (χ4n) is 3.47. The summed E-state index contributed by atoms with van der Waals surface area (Å²) in [6.07, 6.45) is 6.18. The molecule has 0 radical (unpaired) electrons. The highest BCUT2D eigenvalue weighted by Crippen LogP contribution is 2.25. The van der Waals surface area contributed by atoms with Crippen LogP contribution in [0.3, 0.4) is 0 Å². The predicted molar refractivity (Wildman–Crippen MR) is 98.9 cm³/mol. The summed E-state index contributed by atoms with van der Waals surface area (Å²) in [6.45, 7) is 2.78. The van der Waals surface area contributed by atoms with E-state index in [9.17, 15) is 4.79 Å². The van der Waals surface area contributed by atoms with Crippen molar-refractivity contribution in [2.24, 2.45) is 0 Å². The summed E-state index contributed by atoms with van der Waals surface area (Å²) in [5, 5.41) is 0. The van der Waals surface area contributed by atoms with Gasteiger partial charge in [-0.25, -0.2) is 4.98 Å². The SMILES string of the molecule is CN(Cc1ccccc1N1CCCC1)C(=O)c1cn2ccccc2n1. The molecule has 1 fully saturated rings. The van der Waals surface area contributed by atoms with Crippen LogP contribution >= 0.6 is 0 Å². The van der Waals surface area contributed by atoms with Gasteiger partial charge in [0.25, 0.3) is 5.91 Å². The first-order valence-corrected chi connectivity index (χ1v) is 8.74. The minimum Gasteiger partial charge on any atom is -0.371 e. The smallest absolute Gasteiger partial charge is 0.274 e. The van der Waals surface area contributed by atoms with Crippen LogP contribution in [0.1, 0.15) is 28.9 Å². The number of carbonyl (C=O) groups excluding carboxylic acids is 1. The second-order valence-corrected chi connectivity index (χ2v) is 6.58. The summed E-state index contributed by atoms with van der Waals surface area (Å²) >= 11 is 0. The Bertz CT molecular complexity index is 862. The molecule has 3 aromatic rings. The Morgan fingerprint density at radius 3 is 2.68 bits per heavy atom. The minimum absolute atomic E-state index is 0.0556. The van der Waals surface area contributed by atoms with Crippen molar-refractivity contribution >= 4 is 17.2 Å². The number of pyridine rings is 1. The average molecular weight is 334 g/mol. The van der Waals surface area contributed by atoms with Crippen molar-refractivity contribution in [2.45, 2.75) is 19.4 Å². The first-order chi connectivity index (χ1) is 12.2. The van der Waals surface area contributed by atoms with Gasteiger partial charge in [0.2, 0.25) is 0 Å². The molecule has 2 aromatic heterocycles. The van der Waals surface area contributed by atoms with E-state index in [4.69, 9.17) is 0 Å². The molecule has 0 saturated carbocycles. The van der Waals surface area contributed by atoms with Gasteiger partial charge in [-0.2, -0.15) is 0 Å². The normalized spacial score (nSPS) is 14.2. The number of benzene rings is 1. The zero-order valence-corrected chi connectivity index (χ0v) is 14.4. The Balaban J connectivity index is 1.55. The van der Waals surface area contributed by atoms with Crippen LogP contribution in [0.4, 0.5) is 5.69 Å². The summed E-state index contributed by atoms with van der Waals surface area (Å²) in [4.78, 5) is 21.4. The van der Waals surface area contributed by atoms with Crippen molar-refractivity contribution in [1.29, 1.82) is 0 Å². The Morgan fingerprint density at radius 1 is 1.12 bits per heavy atom. The first kappa shape index (κ1) is 15.7. The van der Waals surface area contributed by atoms with Crippen molar-refractivity contribution in [2.75, 3.05) is 25.0 Å². The first-order valence-electron chi connectivity index (χ1n) is 8.74. The third-order valence-electron chi connectivity index (χ3n) is 4.78. The van der Waals surface area contributed by atoms with Gasteiger partial charge >= 0.3 is 0 Å². The van der Waals surface area contributed by atoms with Crippen molar-refractivity contribution in [3.05, 3.63) is 66.1 Å². The molecule has 3 heterocycles. The fourth-order valence-corrected chi connectivity index (χ4v) is 3.47. The number of imidazole rings is 1. The number of aromatic nitrogens is 2. The monoisotopic (exact) mass is 334 g/mol. The molecule has 4 rings (SSSR count). The number of nitrogens with zero attached hydrogens (tertiary/aromatic N) is 4. The molecule has 1 amide bonds. The largest absolute Gasteiger partial charge is 0.371 e. The maximum Gasteiger partial charge on any atom is 0.274 e. The highest BCUT2D eigenvalue weighted by Gasteiger charge is 2.19. The van der Waals surface area contributed by atoms with Gasteiger partial charge in [-0.3, -0.25) is 4.79 Å². The molecule has 1 aromatic carbocycles. The standard InChI is InChI=1S/C20H22N4O/c1-22(20(25)17-15-24-13-5-4-10-19(24)21-17)14-16-8-2-3-9-18(16)23-11-6-7-12-23/h2-5,8-10,13,15H,6-7,11-12,14H2,1H3. The van der Waals surface area contributed by atoms with Crippen LogP contribution in [0.5, 0.6) is 0 Å². The second-order valence-electron chi connectivity index (χ2n) is 6.58. The number of rotatable bonds is 4. The van der Waals surface area contributed by atoms with E-state index in [1.165, 1.54) is 24.1 Å². The number of hydrogen-bond acceptors (Lipinski definition) is 3. The van der Waals surface area contributed by atoms with E-state index in [1.54, 1.807) is 11.1 Å². The molecular weight excluding hydrogens is 312 g/mol. The lowest BCUT2D eigenvalue weighted by Crippen LogP contribution is -2.28. The topological polar surface area (TPSA) is 40.9 Å². The second kappa shape index (κ2) is 6.59. The number of amides is 1. The third kappa shape index (κ3) is 3.09. The van der Waals surface area contributed by atoms with Crippen LogP contribution in [0.25, 0.3) is 5.65 Å². The number of para-hydroxylation sites is 1. The molecule has 0 aliphatic carbocycles. The highest BCUT2D eigenvalue weighted by atomic mass is 16.2. The fraction of sp³-hybridized carbons (Fsp3) is 0.300. The van der Waals surface area contributed by atoms with Crippen molar-refractivity contribution in [1.82, 2.24) is 14.3 Å². The van der Waals surface area contributed by atoms with Gasteiger partial charge in [0.15, 0.2) is 0 Å². The zero-order valence-electron chi connectivity index (χ0n) is 14.4. The lowest BCUT2D eigenvalue weighted by Gasteiger charge is -2.24. The molecule has 25 heavy (non-hydrogen) atoms. The number of anilines is 1. The van der Waals surface area contributed by atoms with Gasteiger partial charge < -0.3 is 14.2 Å². The van der Waals surface area contributed by atoms with Gasteiger partial charge in [-0.1, -0.05) is 24.3 Å². The maximum absolute atomic E-state index is 12.8. The zero-order chi connectivity index (χ0) is 17.2. The van der Waals surface area contributed by atoms with E-state index >= 15 is 0 Å². The summed E-state index contributed by atoms with van der Waals surface area (Å²) in [7, 11) is 1.84. The molecule has 1 aliphatic rings. The summed E-state index contributed by atoms with van der Waals surface area (Å²) in [5.74, 6) is -0.0556. The highest BCUT2D eigenvalue weighted by molar-refractivity contribution is 5.92. The quantitative estimate of drug-likeness (QED) is 0.736. The number of carbonyl (C=O) groups is 1. The number of hydrogen-bond donors (Lipinski definition) is 0. The number of fused-ring (bicyclic) bond motifs is 1. The van der Waals surface area contributed by atoms with E-state index < -0.39 is 0 Å². The van der Waals surface area contributed by atoms with Gasteiger partial charge in [0, 0.05) is 44.8 Å². The Morgan fingerprint density at radius 2 is 1.88 bits per heavy atom. The molecule has 1 saturated heterocycles. The van der Waals surface area contributed by atoms with Crippen LogP contribution in [0.2, 0.25) is 0 Å². The van der Waals surface area contributed by atoms with Crippen LogP contribution < -0.4 is 4.90 Å². The minimum atomic E-state index is -0.0556. The van der Waals surface area contributed by atoms with Gasteiger partial charge in [-0.05, 0) is 36.6 Å². The summed E-state index contributed by atoms with van der Waals surface area (Å²) < 4.78 is 1.87. The van der Waals surface area contributed by atoms with E-state index in [0.717, 1.165) is 18.7 Å². The molecule has 1 aliphatic heterocycles.